The van der Waals surface area contributed by atoms with E-state index in [0.717, 1.165) is 12.8 Å². The summed E-state index contributed by atoms with van der Waals surface area (Å²) in [5, 5.41) is 3.64. The Morgan fingerprint density at radius 1 is 1.28 bits per heavy atom. The summed E-state index contributed by atoms with van der Waals surface area (Å²) in [5.74, 6) is -0.327. The minimum Gasteiger partial charge on any atom is -0.381 e. The first-order chi connectivity index (χ1) is 8.65. The van der Waals surface area contributed by atoms with Crippen LogP contribution in [0.15, 0.2) is 18.2 Å². The van der Waals surface area contributed by atoms with Crippen LogP contribution in [0.2, 0.25) is 5.02 Å². The van der Waals surface area contributed by atoms with E-state index >= 15 is 0 Å². The maximum Gasteiger partial charge on any atom is 0.126 e. The third-order valence-corrected chi connectivity index (χ3v) is 3.14. The molecule has 0 saturated carbocycles. The van der Waals surface area contributed by atoms with Crippen LogP contribution < -0.4 is 11.1 Å². The number of benzene rings is 1. The van der Waals surface area contributed by atoms with Crippen LogP contribution in [0.25, 0.3) is 0 Å². The molecule has 18 heavy (non-hydrogen) atoms. The van der Waals surface area contributed by atoms with E-state index < -0.39 is 0 Å². The molecule has 2 nitrogen and oxygen atoms in total. The van der Waals surface area contributed by atoms with E-state index in [1.807, 2.05) is 0 Å². The Morgan fingerprint density at radius 2 is 2.06 bits per heavy atom. The molecule has 0 aliphatic carbocycles. The topological polar surface area (TPSA) is 38.0 Å². The third kappa shape index (κ3) is 5.69. The Kier molecular flexibility index (Phi) is 7.06. The van der Waals surface area contributed by atoms with Crippen LogP contribution in [0.3, 0.4) is 0 Å². The molecule has 0 aromatic heterocycles. The smallest absolute Gasteiger partial charge is 0.126 e. The zero-order chi connectivity index (χ0) is 13.4. The second-order valence-corrected chi connectivity index (χ2v) is 5.02. The van der Waals surface area contributed by atoms with E-state index in [-0.39, 0.29) is 11.9 Å². The highest BCUT2D eigenvalue weighted by atomic mass is 35.5. The average Bonchev–Trinajstić information content (AvgIpc) is 2.32. The fourth-order valence-corrected chi connectivity index (χ4v) is 2.16. The normalized spacial score (nSPS) is 12.4. The Labute approximate surface area is 114 Å². The Bertz CT molecular complexity index is 337. The van der Waals surface area contributed by atoms with E-state index in [9.17, 15) is 4.39 Å². The van der Waals surface area contributed by atoms with E-state index in [1.165, 1.54) is 31.4 Å². The molecule has 0 saturated heterocycles. The predicted octanol–water partition coefficient (Wildman–Crippen LogP) is 4.19. The van der Waals surface area contributed by atoms with Crippen LogP contribution in [0.4, 0.5) is 10.1 Å². The van der Waals surface area contributed by atoms with Crippen LogP contribution >= 0.6 is 11.6 Å². The first-order valence-corrected chi connectivity index (χ1v) is 6.96. The Balaban J connectivity index is 2.46. The molecule has 0 fully saturated rings. The molecule has 1 aromatic rings. The molecule has 0 aliphatic heterocycles. The molecule has 0 bridgehead atoms. The summed E-state index contributed by atoms with van der Waals surface area (Å²) in [4.78, 5) is 0. The maximum absolute atomic E-state index is 13.2. The molecule has 4 heteroatoms. The summed E-state index contributed by atoms with van der Waals surface area (Å²) >= 11 is 5.81. The van der Waals surface area contributed by atoms with Crippen molar-refractivity contribution >= 4 is 17.3 Å². The molecule has 0 heterocycles. The zero-order valence-electron chi connectivity index (χ0n) is 10.9. The molecule has 1 rings (SSSR count). The third-order valence-electron chi connectivity index (χ3n) is 2.92. The SMILES string of the molecule is CCCCCCC(CN)Nc1cc(F)cc(Cl)c1. The van der Waals surface area contributed by atoms with Crippen LogP contribution in [0.5, 0.6) is 0 Å². The zero-order valence-corrected chi connectivity index (χ0v) is 11.6. The second-order valence-electron chi connectivity index (χ2n) is 4.58. The van der Waals surface area contributed by atoms with Crippen molar-refractivity contribution in [2.45, 2.75) is 45.1 Å². The highest BCUT2D eigenvalue weighted by molar-refractivity contribution is 6.30. The van der Waals surface area contributed by atoms with Gasteiger partial charge in [-0.1, -0.05) is 44.2 Å². The van der Waals surface area contributed by atoms with Gasteiger partial charge in [0.1, 0.15) is 5.82 Å². The van der Waals surface area contributed by atoms with Gasteiger partial charge in [-0.2, -0.15) is 0 Å². The maximum atomic E-state index is 13.2. The van der Waals surface area contributed by atoms with Gasteiger partial charge in [-0.25, -0.2) is 4.39 Å². The highest BCUT2D eigenvalue weighted by Gasteiger charge is 2.07. The Hall–Kier alpha value is -0.800. The second kappa shape index (κ2) is 8.33. The number of hydrogen-bond donors (Lipinski definition) is 2. The van der Waals surface area contributed by atoms with Crippen molar-refractivity contribution in [2.75, 3.05) is 11.9 Å². The lowest BCUT2D eigenvalue weighted by molar-refractivity contribution is 0.574. The molecule has 0 spiro atoms. The lowest BCUT2D eigenvalue weighted by Gasteiger charge is -2.18. The minimum absolute atomic E-state index is 0.180. The molecule has 1 aromatic carbocycles. The lowest BCUT2D eigenvalue weighted by Crippen LogP contribution is -2.28. The first-order valence-electron chi connectivity index (χ1n) is 6.58. The summed E-state index contributed by atoms with van der Waals surface area (Å²) in [6, 6.07) is 4.64. The molecular formula is C14H22ClFN2. The summed E-state index contributed by atoms with van der Waals surface area (Å²) in [6.07, 6.45) is 5.85. The van der Waals surface area contributed by atoms with Crippen LogP contribution in [-0.4, -0.2) is 12.6 Å². The number of nitrogens with one attached hydrogen (secondary N) is 1. The molecule has 1 unspecified atom stereocenters. The van der Waals surface area contributed by atoms with Gasteiger partial charge in [0.25, 0.3) is 0 Å². The van der Waals surface area contributed by atoms with Crippen molar-refractivity contribution in [3.05, 3.63) is 29.0 Å². The van der Waals surface area contributed by atoms with Crippen molar-refractivity contribution in [1.82, 2.24) is 0 Å². The quantitative estimate of drug-likeness (QED) is 0.697. The van der Waals surface area contributed by atoms with Crippen LogP contribution in [0, 0.1) is 5.82 Å². The molecule has 0 radical (unpaired) electrons. The van der Waals surface area contributed by atoms with Crippen LogP contribution in [-0.2, 0) is 0 Å². The molecule has 3 N–H and O–H groups in total. The van der Waals surface area contributed by atoms with Gasteiger partial charge >= 0.3 is 0 Å². The number of anilines is 1. The predicted molar refractivity (Wildman–Crippen MR) is 76.6 cm³/mol. The largest absolute Gasteiger partial charge is 0.381 e. The van der Waals surface area contributed by atoms with Crippen molar-refractivity contribution in [2.24, 2.45) is 5.73 Å². The minimum atomic E-state index is -0.327. The summed E-state index contributed by atoms with van der Waals surface area (Å²) in [7, 11) is 0. The molecule has 1 atom stereocenters. The van der Waals surface area contributed by atoms with Crippen molar-refractivity contribution < 1.29 is 4.39 Å². The first kappa shape index (κ1) is 15.3. The van der Waals surface area contributed by atoms with Gasteiger partial charge in [-0.15, -0.1) is 0 Å². The van der Waals surface area contributed by atoms with Gasteiger partial charge in [0.2, 0.25) is 0 Å². The van der Waals surface area contributed by atoms with Gasteiger partial charge in [0.05, 0.1) is 0 Å². The van der Waals surface area contributed by atoms with Gasteiger partial charge in [0, 0.05) is 23.3 Å². The Morgan fingerprint density at radius 3 is 2.67 bits per heavy atom. The monoisotopic (exact) mass is 272 g/mol. The highest BCUT2D eigenvalue weighted by Crippen LogP contribution is 2.19. The molecule has 0 amide bonds. The van der Waals surface area contributed by atoms with Gasteiger partial charge in [-0.3, -0.25) is 0 Å². The molecule has 0 aliphatic rings. The van der Waals surface area contributed by atoms with Crippen LogP contribution in [0.1, 0.15) is 39.0 Å². The fourth-order valence-electron chi connectivity index (χ4n) is 1.94. The molecular weight excluding hydrogens is 251 g/mol. The van der Waals surface area contributed by atoms with Crippen molar-refractivity contribution in [1.29, 1.82) is 0 Å². The number of halogens is 2. The summed E-state index contributed by atoms with van der Waals surface area (Å²) in [5.41, 5.74) is 6.42. The fraction of sp³-hybridized carbons (Fsp3) is 0.571. The van der Waals surface area contributed by atoms with Gasteiger partial charge in [-0.05, 0) is 24.6 Å². The van der Waals surface area contributed by atoms with Crippen molar-refractivity contribution in [3.63, 3.8) is 0 Å². The van der Waals surface area contributed by atoms with E-state index in [4.69, 9.17) is 17.3 Å². The summed E-state index contributed by atoms with van der Waals surface area (Å²) in [6.45, 7) is 2.73. The van der Waals surface area contributed by atoms with Gasteiger partial charge < -0.3 is 11.1 Å². The van der Waals surface area contributed by atoms with E-state index in [0.29, 0.717) is 17.3 Å². The molecule has 102 valence electrons. The lowest BCUT2D eigenvalue weighted by atomic mass is 10.1. The number of unbranched alkanes of at least 4 members (excludes halogenated alkanes) is 3. The van der Waals surface area contributed by atoms with E-state index in [1.54, 1.807) is 6.07 Å². The number of rotatable bonds is 8. The van der Waals surface area contributed by atoms with Crippen molar-refractivity contribution in [3.8, 4) is 0 Å². The number of hydrogen-bond acceptors (Lipinski definition) is 2. The van der Waals surface area contributed by atoms with Gasteiger partial charge in [0.15, 0.2) is 0 Å². The summed E-state index contributed by atoms with van der Waals surface area (Å²) < 4.78 is 13.2. The number of nitrogens with two attached hydrogens (primary N) is 1. The van der Waals surface area contributed by atoms with E-state index in [2.05, 4.69) is 12.2 Å². The standard InChI is InChI=1S/C14H22ClFN2/c1-2-3-4-5-6-13(10-17)18-14-8-11(15)7-12(16)9-14/h7-9,13,18H,2-6,10,17H2,1H3. The average molecular weight is 273 g/mol.